The molecule has 1 aliphatic heterocycles. The molecule has 0 N–H and O–H groups in total. The average molecular weight is 353 g/mol. The molecule has 0 unspecified atom stereocenters. The number of hydrogen-bond acceptors (Lipinski definition) is 3. The van der Waals surface area contributed by atoms with Gasteiger partial charge in [0, 0.05) is 37.1 Å². The van der Waals surface area contributed by atoms with E-state index >= 15 is 0 Å². The van der Waals surface area contributed by atoms with Gasteiger partial charge in [-0.05, 0) is 38.0 Å². The van der Waals surface area contributed by atoms with Gasteiger partial charge in [-0.25, -0.2) is 0 Å². The van der Waals surface area contributed by atoms with Crippen molar-refractivity contribution in [1.82, 2.24) is 9.80 Å². The van der Waals surface area contributed by atoms with Crippen molar-refractivity contribution in [2.45, 2.75) is 39.2 Å². The van der Waals surface area contributed by atoms with Gasteiger partial charge in [-0.3, -0.25) is 9.59 Å². The van der Waals surface area contributed by atoms with Gasteiger partial charge in [-0.15, -0.1) is 0 Å². The standard InChI is InChI=1S/C18H25ClN2O3/c1-3-24-16-9-8-15(19)11-14(16)12-20(2)18(23)13-21-10-6-4-5-7-17(21)22/h8-9,11H,3-7,10,12-13H2,1-2H3. The summed E-state index contributed by atoms with van der Waals surface area (Å²) in [5.74, 6) is 0.729. The highest BCUT2D eigenvalue weighted by Crippen LogP contribution is 2.24. The highest BCUT2D eigenvalue weighted by atomic mass is 35.5. The van der Waals surface area contributed by atoms with Gasteiger partial charge in [0.2, 0.25) is 11.8 Å². The summed E-state index contributed by atoms with van der Waals surface area (Å²) < 4.78 is 5.60. The Balaban J connectivity index is 2.00. The predicted octanol–water partition coefficient (Wildman–Crippen LogP) is 3.10. The fourth-order valence-corrected chi connectivity index (χ4v) is 3.00. The third kappa shape index (κ3) is 5.13. The van der Waals surface area contributed by atoms with Crippen molar-refractivity contribution in [2.75, 3.05) is 26.7 Å². The quantitative estimate of drug-likeness (QED) is 0.790. The second kappa shape index (κ2) is 8.92. The number of hydrogen-bond donors (Lipinski definition) is 0. The molecule has 24 heavy (non-hydrogen) atoms. The van der Waals surface area contributed by atoms with E-state index in [9.17, 15) is 9.59 Å². The first kappa shape index (κ1) is 18.6. The lowest BCUT2D eigenvalue weighted by Crippen LogP contribution is -2.41. The Morgan fingerprint density at radius 1 is 1.33 bits per heavy atom. The van der Waals surface area contributed by atoms with Crippen molar-refractivity contribution in [3.05, 3.63) is 28.8 Å². The highest BCUT2D eigenvalue weighted by Gasteiger charge is 2.21. The van der Waals surface area contributed by atoms with Crippen LogP contribution in [0.5, 0.6) is 5.75 Å². The zero-order valence-electron chi connectivity index (χ0n) is 14.4. The maximum Gasteiger partial charge on any atom is 0.242 e. The second-order valence-corrected chi connectivity index (χ2v) is 6.50. The number of likely N-dealkylation sites (N-methyl/N-ethyl adjacent to an activating group) is 1. The monoisotopic (exact) mass is 352 g/mol. The van der Waals surface area contributed by atoms with Crippen LogP contribution in [0.4, 0.5) is 0 Å². The van der Waals surface area contributed by atoms with Crippen LogP contribution in [0.25, 0.3) is 0 Å². The van der Waals surface area contributed by atoms with Crippen LogP contribution >= 0.6 is 11.6 Å². The molecule has 1 fully saturated rings. The molecule has 1 aliphatic rings. The molecule has 1 heterocycles. The fraction of sp³-hybridized carbons (Fsp3) is 0.556. The normalized spacial score (nSPS) is 15.1. The van der Waals surface area contributed by atoms with E-state index in [-0.39, 0.29) is 18.4 Å². The Labute approximate surface area is 148 Å². The number of nitrogens with zero attached hydrogens (tertiary/aromatic N) is 2. The van der Waals surface area contributed by atoms with Crippen molar-refractivity contribution in [3.8, 4) is 5.75 Å². The number of carbonyl (C=O) groups excluding carboxylic acids is 2. The van der Waals surface area contributed by atoms with E-state index in [1.54, 1.807) is 22.9 Å². The van der Waals surface area contributed by atoms with Crippen LogP contribution in [0, 0.1) is 0 Å². The summed E-state index contributed by atoms with van der Waals surface area (Å²) in [4.78, 5) is 27.8. The lowest BCUT2D eigenvalue weighted by Gasteiger charge is -2.24. The molecule has 132 valence electrons. The molecular weight excluding hydrogens is 328 g/mol. The van der Waals surface area contributed by atoms with Crippen LogP contribution in [0.2, 0.25) is 5.02 Å². The maximum absolute atomic E-state index is 12.5. The van der Waals surface area contributed by atoms with Crippen LogP contribution in [0.3, 0.4) is 0 Å². The number of rotatable bonds is 6. The van der Waals surface area contributed by atoms with Crippen molar-refractivity contribution in [2.24, 2.45) is 0 Å². The Morgan fingerprint density at radius 3 is 2.88 bits per heavy atom. The van der Waals surface area contributed by atoms with Crippen LogP contribution < -0.4 is 4.74 Å². The molecule has 5 nitrogen and oxygen atoms in total. The number of likely N-dealkylation sites (tertiary alicyclic amines) is 1. The number of carbonyl (C=O) groups is 2. The molecule has 0 aromatic heterocycles. The van der Waals surface area contributed by atoms with Gasteiger partial charge in [-0.2, -0.15) is 0 Å². The van der Waals surface area contributed by atoms with Crippen LogP contribution in [-0.2, 0) is 16.1 Å². The predicted molar refractivity (Wildman–Crippen MR) is 94.1 cm³/mol. The van der Waals surface area contributed by atoms with E-state index in [1.165, 1.54) is 0 Å². The Bertz CT molecular complexity index is 592. The van der Waals surface area contributed by atoms with E-state index in [0.717, 1.165) is 30.6 Å². The van der Waals surface area contributed by atoms with Gasteiger partial charge in [0.1, 0.15) is 5.75 Å². The summed E-state index contributed by atoms with van der Waals surface area (Å²) in [5, 5.41) is 0.608. The topological polar surface area (TPSA) is 49.9 Å². The lowest BCUT2D eigenvalue weighted by molar-refractivity contribution is -0.139. The van der Waals surface area contributed by atoms with Crippen molar-refractivity contribution in [1.29, 1.82) is 0 Å². The largest absolute Gasteiger partial charge is 0.494 e. The molecule has 1 aromatic rings. The van der Waals surface area contributed by atoms with Crippen LogP contribution in [0.1, 0.15) is 38.2 Å². The Morgan fingerprint density at radius 2 is 2.12 bits per heavy atom. The van der Waals surface area contributed by atoms with Crippen molar-refractivity contribution < 1.29 is 14.3 Å². The summed E-state index contributed by atoms with van der Waals surface area (Å²) >= 11 is 6.06. The molecule has 1 saturated heterocycles. The summed E-state index contributed by atoms with van der Waals surface area (Å²) in [6.07, 6.45) is 3.47. The summed E-state index contributed by atoms with van der Waals surface area (Å²) in [6.45, 7) is 3.67. The first-order chi connectivity index (χ1) is 11.5. The van der Waals surface area contributed by atoms with Crippen molar-refractivity contribution >= 4 is 23.4 Å². The minimum Gasteiger partial charge on any atom is -0.494 e. The van der Waals surface area contributed by atoms with E-state index in [0.29, 0.717) is 31.1 Å². The molecule has 0 aliphatic carbocycles. The van der Waals surface area contributed by atoms with Crippen LogP contribution in [-0.4, -0.2) is 48.4 Å². The molecule has 2 amide bonds. The number of benzene rings is 1. The zero-order chi connectivity index (χ0) is 17.5. The lowest BCUT2D eigenvalue weighted by atomic mass is 10.2. The molecule has 0 atom stereocenters. The fourth-order valence-electron chi connectivity index (χ4n) is 2.80. The summed E-state index contributed by atoms with van der Waals surface area (Å²) in [7, 11) is 1.74. The minimum absolute atomic E-state index is 0.0759. The van der Waals surface area contributed by atoms with E-state index in [4.69, 9.17) is 16.3 Å². The maximum atomic E-state index is 12.5. The van der Waals surface area contributed by atoms with Gasteiger partial charge in [-0.1, -0.05) is 18.0 Å². The Hall–Kier alpha value is -1.75. The van der Waals surface area contributed by atoms with Gasteiger partial charge in [0.05, 0.1) is 13.2 Å². The highest BCUT2D eigenvalue weighted by molar-refractivity contribution is 6.30. The van der Waals surface area contributed by atoms with E-state index in [2.05, 4.69) is 0 Å². The van der Waals surface area contributed by atoms with Gasteiger partial charge >= 0.3 is 0 Å². The first-order valence-electron chi connectivity index (χ1n) is 8.44. The number of halogens is 1. The SMILES string of the molecule is CCOc1ccc(Cl)cc1CN(C)C(=O)CN1CCCCCC1=O. The molecule has 2 rings (SSSR count). The third-order valence-corrected chi connectivity index (χ3v) is 4.39. The molecule has 0 spiro atoms. The molecule has 0 radical (unpaired) electrons. The summed E-state index contributed by atoms with van der Waals surface area (Å²) in [6, 6.07) is 5.40. The van der Waals surface area contributed by atoms with Gasteiger partial charge < -0.3 is 14.5 Å². The average Bonchev–Trinajstić information content (AvgIpc) is 2.75. The van der Waals surface area contributed by atoms with Gasteiger partial charge in [0.25, 0.3) is 0 Å². The summed E-state index contributed by atoms with van der Waals surface area (Å²) in [5.41, 5.74) is 0.863. The number of amides is 2. The first-order valence-corrected chi connectivity index (χ1v) is 8.82. The van der Waals surface area contributed by atoms with Gasteiger partial charge in [0.15, 0.2) is 0 Å². The number of ether oxygens (including phenoxy) is 1. The third-order valence-electron chi connectivity index (χ3n) is 4.15. The molecule has 0 saturated carbocycles. The smallest absolute Gasteiger partial charge is 0.242 e. The minimum atomic E-state index is -0.0762. The molecule has 1 aromatic carbocycles. The molecule has 6 heteroatoms. The molecule has 0 bridgehead atoms. The van der Waals surface area contributed by atoms with E-state index < -0.39 is 0 Å². The second-order valence-electron chi connectivity index (χ2n) is 6.06. The molecular formula is C18H25ClN2O3. The Kier molecular flexibility index (Phi) is 6.91. The zero-order valence-corrected chi connectivity index (χ0v) is 15.1. The van der Waals surface area contributed by atoms with E-state index in [1.807, 2.05) is 19.1 Å². The van der Waals surface area contributed by atoms with Crippen LogP contribution in [0.15, 0.2) is 18.2 Å². The van der Waals surface area contributed by atoms with Crippen molar-refractivity contribution in [3.63, 3.8) is 0 Å².